The first kappa shape index (κ1) is 15.8. The fraction of sp³-hybridized carbons (Fsp3) is 0.933. The molecule has 0 bridgehead atoms. The molecule has 0 saturated heterocycles. The van der Waals surface area contributed by atoms with Crippen LogP contribution in [0.1, 0.15) is 64.7 Å². The van der Waals surface area contributed by atoms with Crippen molar-refractivity contribution >= 4 is 15.7 Å². The second-order valence-electron chi connectivity index (χ2n) is 6.38. The van der Waals surface area contributed by atoms with Crippen molar-refractivity contribution in [2.24, 2.45) is 0 Å². The molecule has 0 aliphatic heterocycles. The van der Waals surface area contributed by atoms with Gasteiger partial charge >= 0.3 is 0 Å². The largest absolute Gasteiger partial charge is 0.342 e. The molecule has 2 rings (SSSR count). The average Bonchev–Trinajstić information content (AvgIpc) is 3.00. The maximum Gasteiger partial charge on any atom is 0.240 e. The van der Waals surface area contributed by atoms with Crippen LogP contribution in [0.3, 0.4) is 0 Å². The van der Waals surface area contributed by atoms with E-state index in [2.05, 4.69) is 0 Å². The van der Waals surface area contributed by atoms with Gasteiger partial charge in [0.15, 0.2) is 9.84 Å². The lowest BCUT2D eigenvalue weighted by Crippen LogP contribution is -2.47. The Bertz CT molecular complexity index is 434. The summed E-state index contributed by atoms with van der Waals surface area (Å²) in [6, 6.07) is 0.234. The molecule has 0 N–H and O–H groups in total. The Morgan fingerprint density at radius 1 is 1.00 bits per heavy atom. The molecule has 0 heterocycles. The van der Waals surface area contributed by atoms with E-state index in [4.69, 9.17) is 0 Å². The number of amides is 1. The van der Waals surface area contributed by atoms with Crippen LogP contribution >= 0.6 is 0 Å². The zero-order valence-electron chi connectivity index (χ0n) is 12.7. The fourth-order valence-electron chi connectivity index (χ4n) is 3.58. The lowest BCUT2D eigenvalue weighted by Gasteiger charge is -2.33. The maximum absolute atomic E-state index is 12.5. The Hall–Kier alpha value is -0.580. The van der Waals surface area contributed by atoms with Crippen molar-refractivity contribution in [3.63, 3.8) is 0 Å². The highest BCUT2D eigenvalue weighted by Crippen LogP contribution is 2.29. The summed E-state index contributed by atoms with van der Waals surface area (Å²) in [5, 5.41) is -1.17. The van der Waals surface area contributed by atoms with Crippen LogP contribution in [0, 0.1) is 0 Å². The molecule has 2 aliphatic carbocycles. The molecule has 0 spiro atoms. The second-order valence-corrected chi connectivity index (χ2v) is 8.93. The van der Waals surface area contributed by atoms with E-state index in [0.717, 1.165) is 51.4 Å². The first-order chi connectivity index (χ1) is 9.44. The normalized spacial score (nSPS) is 23.7. The minimum atomic E-state index is -3.31. The van der Waals surface area contributed by atoms with Crippen molar-refractivity contribution in [3.8, 4) is 0 Å². The summed E-state index contributed by atoms with van der Waals surface area (Å²) in [4.78, 5) is 14.2. The van der Waals surface area contributed by atoms with Gasteiger partial charge in [0.05, 0.1) is 5.25 Å². The zero-order chi connectivity index (χ0) is 14.8. The van der Waals surface area contributed by atoms with E-state index >= 15 is 0 Å². The molecule has 5 heteroatoms. The first-order valence-corrected chi connectivity index (χ1v) is 9.55. The Morgan fingerprint density at radius 2 is 1.50 bits per heavy atom. The summed E-state index contributed by atoms with van der Waals surface area (Å²) in [7, 11) is -1.54. The van der Waals surface area contributed by atoms with Gasteiger partial charge in [0.1, 0.15) is 5.25 Å². The van der Waals surface area contributed by atoms with Crippen LogP contribution in [0.25, 0.3) is 0 Å². The third kappa shape index (κ3) is 3.18. The maximum atomic E-state index is 12.5. The van der Waals surface area contributed by atoms with Crippen molar-refractivity contribution in [1.82, 2.24) is 4.90 Å². The van der Waals surface area contributed by atoms with Gasteiger partial charge in [-0.25, -0.2) is 8.42 Å². The number of hydrogen-bond donors (Lipinski definition) is 0. The molecule has 0 radical (unpaired) electrons. The third-order valence-corrected chi connectivity index (χ3v) is 7.67. The van der Waals surface area contributed by atoms with Gasteiger partial charge in [-0.05, 0) is 32.6 Å². The minimum absolute atomic E-state index is 0.205. The number of rotatable bonds is 4. The third-order valence-electron chi connectivity index (χ3n) is 5.08. The monoisotopic (exact) mass is 301 g/mol. The quantitative estimate of drug-likeness (QED) is 0.802. The summed E-state index contributed by atoms with van der Waals surface area (Å²) < 4.78 is 25.0. The number of carbonyl (C=O) groups excluding carboxylic acids is 1. The van der Waals surface area contributed by atoms with Crippen LogP contribution in [0.5, 0.6) is 0 Å². The van der Waals surface area contributed by atoms with E-state index in [9.17, 15) is 13.2 Å². The summed E-state index contributed by atoms with van der Waals surface area (Å²) in [6.07, 6.45) is 8.95. The van der Waals surface area contributed by atoms with Gasteiger partial charge in [-0.15, -0.1) is 0 Å². The van der Waals surface area contributed by atoms with E-state index < -0.39 is 15.1 Å². The SMILES string of the molecule is C[C@@H](C(=O)N(C)C1CCCCC1)S(=O)(=O)C1CCCC1. The average molecular weight is 301 g/mol. The van der Waals surface area contributed by atoms with Crippen molar-refractivity contribution < 1.29 is 13.2 Å². The lowest BCUT2D eigenvalue weighted by molar-refractivity contribution is -0.131. The van der Waals surface area contributed by atoms with Gasteiger partial charge in [-0.3, -0.25) is 4.79 Å². The predicted octanol–water partition coefficient (Wildman–Crippen LogP) is 2.52. The molecule has 0 aromatic heterocycles. The van der Waals surface area contributed by atoms with E-state index in [1.807, 2.05) is 0 Å². The van der Waals surface area contributed by atoms with Gasteiger partial charge in [0.25, 0.3) is 0 Å². The van der Waals surface area contributed by atoms with Gasteiger partial charge in [0.2, 0.25) is 5.91 Å². The standard InChI is InChI=1S/C15H27NO3S/c1-12(20(18,19)14-10-6-7-11-14)15(17)16(2)13-8-4-3-5-9-13/h12-14H,3-11H2,1-2H3/t12-/m0/s1. The molecule has 116 valence electrons. The molecule has 2 fully saturated rings. The van der Waals surface area contributed by atoms with Crippen molar-refractivity contribution in [2.45, 2.75) is 81.3 Å². The molecule has 20 heavy (non-hydrogen) atoms. The highest BCUT2D eigenvalue weighted by atomic mass is 32.2. The highest BCUT2D eigenvalue weighted by molar-refractivity contribution is 7.93. The molecule has 1 atom stereocenters. The zero-order valence-corrected chi connectivity index (χ0v) is 13.5. The second kappa shape index (κ2) is 6.46. The highest BCUT2D eigenvalue weighted by Gasteiger charge is 2.39. The molecule has 1 amide bonds. The summed E-state index contributed by atoms with van der Waals surface area (Å²) >= 11 is 0. The van der Waals surface area contributed by atoms with E-state index in [0.29, 0.717) is 0 Å². The van der Waals surface area contributed by atoms with Crippen molar-refractivity contribution in [1.29, 1.82) is 0 Å². The molecule has 0 aromatic carbocycles. The Kier molecular flexibility index (Phi) is 5.10. The molecule has 0 unspecified atom stereocenters. The topological polar surface area (TPSA) is 54.5 Å². The van der Waals surface area contributed by atoms with Gasteiger partial charge in [0, 0.05) is 13.1 Å². The number of hydrogen-bond acceptors (Lipinski definition) is 3. The van der Waals surface area contributed by atoms with E-state index in [1.165, 1.54) is 6.42 Å². The van der Waals surface area contributed by atoms with Crippen LogP contribution < -0.4 is 0 Å². The smallest absolute Gasteiger partial charge is 0.240 e. The predicted molar refractivity (Wildman–Crippen MR) is 80.3 cm³/mol. The number of nitrogens with zero attached hydrogens (tertiary/aromatic N) is 1. The fourth-order valence-corrected chi connectivity index (χ4v) is 5.60. The summed E-state index contributed by atoms with van der Waals surface area (Å²) in [5.74, 6) is -0.205. The van der Waals surface area contributed by atoms with Gasteiger partial charge in [-0.1, -0.05) is 32.1 Å². The molecule has 2 aliphatic rings. The van der Waals surface area contributed by atoms with Crippen molar-refractivity contribution in [2.75, 3.05) is 7.05 Å². The summed E-state index contributed by atoms with van der Waals surface area (Å²) in [6.45, 7) is 1.58. The molecular weight excluding hydrogens is 274 g/mol. The number of carbonyl (C=O) groups is 1. The Morgan fingerprint density at radius 3 is 2.05 bits per heavy atom. The Balaban J connectivity index is 2.03. The number of sulfone groups is 1. The lowest BCUT2D eigenvalue weighted by atomic mass is 9.94. The van der Waals surface area contributed by atoms with E-state index in [1.54, 1.807) is 18.9 Å². The first-order valence-electron chi connectivity index (χ1n) is 7.94. The van der Waals surface area contributed by atoms with Crippen LogP contribution in [0.15, 0.2) is 0 Å². The van der Waals surface area contributed by atoms with Crippen LogP contribution in [-0.2, 0) is 14.6 Å². The van der Waals surface area contributed by atoms with Crippen LogP contribution in [-0.4, -0.2) is 42.8 Å². The Labute approximate surface area is 122 Å². The molecule has 0 aromatic rings. The molecule has 2 saturated carbocycles. The van der Waals surface area contributed by atoms with Gasteiger partial charge in [-0.2, -0.15) is 0 Å². The summed E-state index contributed by atoms with van der Waals surface area (Å²) in [5.41, 5.74) is 0. The van der Waals surface area contributed by atoms with Crippen LogP contribution in [0.2, 0.25) is 0 Å². The minimum Gasteiger partial charge on any atom is -0.342 e. The van der Waals surface area contributed by atoms with E-state index in [-0.39, 0.29) is 17.2 Å². The molecule has 4 nitrogen and oxygen atoms in total. The molecular formula is C15H27NO3S. The van der Waals surface area contributed by atoms with Gasteiger partial charge < -0.3 is 4.90 Å². The van der Waals surface area contributed by atoms with Crippen molar-refractivity contribution in [3.05, 3.63) is 0 Å². The van der Waals surface area contributed by atoms with Crippen LogP contribution in [0.4, 0.5) is 0 Å².